The molecule has 2 unspecified atom stereocenters. The summed E-state index contributed by atoms with van der Waals surface area (Å²) in [5, 5.41) is 32.3. The van der Waals surface area contributed by atoms with Gasteiger partial charge in [0, 0.05) is 23.7 Å². The Morgan fingerprint density at radius 3 is 1.90 bits per heavy atom. The first kappa shape index (κ1) is 26.7. The zero-order chi connectivity index (χ0) is 23.5. The van der Waals surface area contributed by atoms with Crippen molar-refractivity contribution in [2.45, 2.75) is 86.2 Å². The van der Waals surface area contributed by atoms with Crippen molar-refractivity contribution in [2.24, 2.45) is 41.4 Å². The average Bonchev–Trinajstić information content (AvgIpc) is 2.71. The van der Waals surface area contributed by atoms with Gasteiger partial charge >= 0.3 is 5.97 Å². The number of carbonyl (C=O) groups excluding carboxylic acids is 3. The van der Waals surface area contributed by atoms with Crippen LogP contribution in [-0.4, -0.2) is 57.3 Å². The van der Waals surface area contributed by atoms with Gasteiger partial charge in [-0.1, -0.05) is 41.5 Å². The average molecular weight is 429 g/mol. The molecule has 1 aliphatic heterocycles. The summed E-state index contributed by atoms with van der Waals surface area (Å²) in [7, 11) is 0. The molecule has 1 fully saturated rings. The predicted octanol–water partition coefficient (Wildman–Crippen LogP) is 2.00. The lowest BCUT2D eigenvalue weighted by atomic mass is 9.76. The van der Waals surface area contributed by atoms with Gasteiger partial charge in [0.2, 0.25) is 0 Å². The standard InChI is InChI=1S/C23H40O7/c1-10-9-11(2)19(26)14(5)21(28)16(7)23(29)30-22(12(3)17(8)24)15(6)20(27)13(4)18(10)25/h10-16,19-22,26-28H,9H2,1-8H3/t10-,11?,12+,13+,14-,15-,16-,19+,20-,21+,22?/m1/s1. The van der Waals surface area contributed by atoms with Crippen LogP contribution in [0.4, 0.5) is 0 Å². The Morgan fingerprint density at radius 2 is 1.40 bits per heavy atom. The van der Waals surface area contributed by atoms with Crippen LogP contribution >= 0.6 is 0 Å². The zero-order valence-electron chi connectivity index (χ0n) is 19.5. The van der Waals surface area contributed by atoms with E-state index in [2.05, 4.69) is 0 Å². The Balaban J connectivity index is 3.39. The van der Waals surface area contributed by atoms with Crippen LogP contribution in [0.2, 0.25) is 0 Å². The van der Waals surface area contributed by atoms with Crippen molar-refractivity contribution in [2.75, 3.05) is 0 Å². The largest absolute Gasteiger partial charge is 0.461 e. The van der Waals surface area contributed by atoms with Crippen LogP contribution in [0.1, 0.15) is 61.8 Å². The third kappa shape index (κ3) is 5.89. The molecule has 30 heavy (non-hydrogen) atoms. The maximum Gasteiger partial charge on any atom is 0.311 e. The number of cyclic esters (lactones) is 1. The lowest BCUT2D eigenvalue weighted by Crippen LogP contribution is -2.47. The monoisotopic (exact) mass is 428 g/mol. The van der Waals surface area contributed by atoms with Crippen LogP contribution < -0.4 is 0 Å². The van der Waals surface area contributed by atoms with Gasteiger partial charge in [-0.15, -0.1) is 0 Å². The molecule has 1 saturated heterocycles. The van der Waals surface area contributed by atoms with E-state index < -0.39 is 65.9 Å². The number of esters is 1. The van der Waals surface area contributed by atoms with Gasteiger partial charge in [0.15, 0.2) is 0 Å². The van der Waals surface area contributed by atoms with Crippen LogP contribution in [0.25, 0.3) is 0 Å². The normalized spacial score (nSPS) is 43.4. The van der Waals surface area contributed by atoms with Gasteiger partial charge in [-0.05, 0) is 26.2 Å². The van der Waals surface area contributed by atoms with Crippen LogP contribution in [-0.2, 0) is 19.1 Å². The van der Waals surface area contributed by atoms with Gasteiger partial charge in [-0.25, -0.2) is 0 Å². The molecule has 1 aliphatic rings. The number of ketones is 2. The highest BCUT2D eigenvalue weighted by Gasteiger charge is 2.42. The van der Waals surface area contributed by atoms with Crippen LogP contribution in [0, 0.1) is 41.4 Å². The Hall–Kier alpha value is -1.31. The number of aliphatic hydroxyl groups excluding tert-OH is 3. The summed E-state index contributed by atoms with van der Waals surface area (Å²) in [6.07, 6.45) is -3.72. The minimum atomic E-state index is -1.16. The molecule has 174 valence electrons. The summed E-state index contributed by atoms with van der Waals surface area (Å²) in [5.74, 6) is -5.33. The fourth-order valence-electron chi connectivity index (χ4n) is 4.53. The Kier molecular flexibility index (Phi) is 9.64. The van der Waals surface area contributed by atoms with Crippen LogP contribution in [0.5, 0.6) is 0 Å². The molecule has 1 heterocycles. The lowest BCUT2D eigenvalue weighted by molar-refractivity contribution is -0.170. The van der Waals surface area contributed by atoms with Crippen molar-refractivity contribution < 1.29 is 34.4 Å². The second-order valence-electron chi connectivity index (χ2n) is 9.58. The van der Waals surface area contributed by atoms with E-state index >= 15 is 0 Å². The van der Waals surface area contributed by atoms with Crippen molar-refractivity contribution in [1.82, 2.24) is 0 Å². The first-order chi connectivity index (χ1) is 13.7. The molecular weight excluding hydrogens is 388 g/mol. The van der Waals surface area contributed by atoms with E-state index in [0.29, 0.717) is 6.42 Å². The summed E-state index contributed by atoms with van der Waals surface area (Å²) in [6.45, 7) is 13.1. The number of Topliss-reactive ketones (excluding diaryl/α,β-unsaturated/α-hetero) is 2. The van der Waals surface area contributed by atoms with Crippen molar-refractivity contribution in [3.63, 3.8) is 0 Å². The van der Waals surface area contributed by atoms with Crippen molar-refractivity contribution in [3.8, 4) is 0 Å². The van der Waals surface area contributed by atoms with E-state index in [1.54, 1.807) is 41.5 Å². The van der Waals surface area contributed by atoms with E-state index in [4.69, 9.17) is 4.74 Å². The smallest absolute Gasteiger partial charge is 0.311 e. The van der Waals surface area contributed by atoms with Gasteiger partial charge in [0.05, 0.1) is 30.1 Å². The first-order valence-corrected chi connectivity index (χ1v) is 11.0. The molecule has 0 bridgehead atoms. The number of hydrogen-bond acceptors (Lipinski definition) is 7. The zero-order valence-corrected chi connectivity index (χ0v) is 19.5. The maximum absolute atomic E-state index is 12.9. The molecule has 7 heteroatoms. The quantitative estimate of drug-likeness (QED) is 0.575. The third-order valence-corrected chi connectivity index (χ3v) is 7.16. The summed E-state index contributed by atoms with van der Waals surface area (Å²) >= 11 is 0. The molecule has 0 spiro atoms. The molecule has 0 aromatic rings. The highest BCUT2D eigenvalue weighted by molar-refractivity contribution is 5.83. The van der Waals surface area contributed by atoms with E-state index in [0.717, 1.165) is 0 Å². The first-order valence-electron chi connectivity index (χ1n) is 11.0. The number of carbonyl (C=O) groups is 3. The summed E-state index contributed by atoms with van der Waals surface area (Å²) in [6, 6.07) is 0. The Morgan fingerprint density at radius 1 is 0.900 bits per heavy atom. The second kappa shape index (κ2) is 10.8. The van der Waals surface area contributed by atoms with Gasteiger partial charge < -0.3 is 20.1 Å². The predicted molar refractivity (Wildman–Crippen MR) is 112 cm³/mol. The van der Waals surface area contributed by atoms with Crippen molar-refractivity contribution >= 4 is 17.5 Å². The summed E-state index contributed by atoms with van der Waals surface area (Å²) in [5.41, 5.74) is 0. The van der Waals surface area contributed by atoms with E-state index in [9.17, 15) is 29.7 Å². The number of hydrogen-bond donors (Lipinski definition) is 3. The molecule has 7 nitrogen and oxygen atoms in total. The SMILES string of the molecule is CC(=O)[C@H](C)C1OC(=O)[C@H](C)[C@@H](O)[C@H](C)[C@@H](O)C(C)C[C@@H](C)C(=O)[C@H](C)[C@@H](O)[C@H]1C. The van der Waals surface area contributed by atoms with E-state index in [1.165, 1.54) is 13.8 Å². The molecule has 0 aliphatic carbocycles. The fourth-order valence-corrected chi connectivity index (χ4v) is 4.53. The number of ether oxygens (including phenoxy) is 1. The van der Waals surface area contributed by atoms with E-state index in [-0.39, 0.29) is 17.5 Å². The Bertz CT molecular complexity index is 619. The molecular formula is C23H40O7. The van der Waals surface area contributed by atoms with Crippen molar-refractivity contribution in [1.29, 1.82) is 0 Å². The second-order valence-corrected chi connectivity index (χ2v) is 9.58. The van der Waals surface area contributed by atoms with Crippen molar-refractivity contribution in [3.05, 3.63) is 0 Å². The third-order valence-electron chi connectivity index (χ3n) is 7.16. The fraction of sp³-hybridized carbons (Fsp3) is 0.870. The molecule has 0 aromatic heterocycles. The molecule has 0 radical (unpaired) electrons. The molecule has 0 saturated carbocycles. The maximum atomic E-state index is 12.9. The minimum absolute atomic E-state index is 0.146. The topological polar surface area (TPSA) is 121 Å². The molecule has 0 amide bonds. The Labute approximate surface area is 180 Å². The molecule has 0 aromatic carbocycles. The van der Waals surface area contributed by atoms with Crippen LogP contribution in [0.15, 0.2) is 0 Å². The highest BCUT2D eigenvalue weighted by Crippen LogP contribution is 2.32. The number of aliphatic hydroxyl groups is 3. The van der Waals surface area contributed by atoms with Gasteiger partial charge in [0.1, 0.15) is 17.7 Å². The summed E-state index contributed by atoms with van der Waals surface area (Å²) in [4.78, 5) is 37.8. The lowest BCUT2D eigenvalue weighted by Gasteiger charge is -2.37. The van der Waals surface area contributed by atoms with E-state index in [1.807, 2.05) is 0 Å². The van der Waals surface area contributed by atoms with Crippen LogP contribution in [0.3, 0.4) is 0 Å². The molecule has 1 rings (SSSR count). The molecule has 11 atom stereocenters. The number of rotatable bonds is 2. The molecule has 3 N–H and O–H groups in total. The van der Waals surface area contributed by atoms with Gasteiger partial charge in [0.25, 0.3) is 0 Å². The minimum Gasteiger partial charge on any atom is -0.461 e. The van der Waals surface area contributed by atoms with Gasteiger partial charge in [-0.3, -0.25) is 14.4 Å². The summed E-state index contributed by atoms with van der Waals surface area (Å²) < 4.78 is 5.63. The highest BCUT2D eigenvalue weighted by atomic mass is 16.5. The van der Waals surface area contributed by atoms with Gasteiger partial charge in [-0.2, -0.15) is 0 Å².